The van der Waals surface area contributed by atoms with Crippen LogP contribution in [-0.4, -0.2) is 24.2 Å². The molecular formula is C20H25N3S. The third-order valence-electron chi connectivity index (χ3n) is 4.49. The first-order chi connectivity index (χ1) is 11.6. The lowest BCUT2D eigenvalue weighted by atomic mass is 10.1. The topological polar surface area (TPSA) is 27.3 Å². The summed E-state index contributed by atoms with van der Waals surface area (Å²) in [5.41, 5.74) is 5.12. The number of nitrogens with one attached hydrogen (secondary N) is 2. The van der Waals surface area contributed by atoms with Crippen molar-refractivity contribution >= 4 is 28.7 Å². The molecule has 1 aliphatic rings. The molecule has 24 heavy (non-hydrogen) atoms. The predicted molar refractivity (Wildman–Crippen MR) is 107 cm³/mol. The highest BCUT2D eigenvalue weighted by atomic mass is 32.1. The van der Waals surface area contributed by atoms with Crippen LogP contribution in [0.25, 0.3) is 0 Å². The summed E-state index contributed by atoms with van der Waals surface area (Å²) in [6, 6.07) is 17.6. The van der Waals surface area contributed by atoms with Crippen molar-refractivity contribution in [1.82, 2.24) is 5.32 Å². The summed E-state index contributed by atoms with van der Waals surface area (Å²) in [5.74, 6) is 0. The van der Waals surface area contributed by atoms with Crippen LogP contribution in [0.5, 0.6) is 0 Å². The molecule has 2 aromatic carbocycles. The highest BCUT2D eigenvalue weighted by molar-refractivity contribution is 7.80. The number of thiocarbonyl (C=S) groups is 1. The van der Waals surface area contributed by atoms with Gasteiger partial charge in [0.1, 0.15) is 0 Å². The molecule has 0 aromatic heterocycles. The van der Waals surface area contributed by atoms with Gasteiger partial charge in [0.15, 0.2) is 5.11 Å². The Morgan fingerprint density at radius 2 is 2.04 bits per heavy atom. The summed E-state index contributed by atoms with van der Waals surface area (Å²) in [6.45, 7) is 6.31. The van der Waals surface area contributed by atoms with Crippen molar-refractivity contribution in [3.05, 3.63) is 59.7 Å². The number of hydrogen-bond acceptors (Lipinski definition) is 2. The quantitative estimate of drug-likeness (QED) is 0.633. The second-order valence-corrected chi connectivity index (χ2v) is 6.89. The van der Waals surface area contributed by atoms with Gasteiger partial charge < -0.3 is 15.5 Å². The van der Waals surface area contributed by atoms with Crippen LogP contribution in [0.1, 0.15) is 24.5 Å². The van der Waals surface area contributed by atoms with Crippen LogP contribution < -0.4 is 15.5 Å². The minimum Gasteiger partial charge on any atom is -0.368 e. The molecular weight excluding hydrogens is 314 g/mol. The summed E-state index contributed by atoms with van der Waals surface area (Å²) in [7, 11) is 0. The van der Waals surface area contributed by atoms with Gasteiger partial charge in [-0.25, -0.2) is 0 Å². The molecule has 0 amide bonds. The van der Waals surface area contributed by atoms with E-state index in [2.05, 4.69) is 65.8 Å². The molecule has 0 fully saturated rings. The molecule has 0 aliphatic carbocycles. The van der Waals surface area contributed by atoms with Crippen LogP contribution in [0.3, 0.4) is 0 Å². The summed E-state index contributed by atoms with van der Waals surface area (Å²) in [4.78, 5) is 2.51. The number of aryl methyl sites for hydroxylation is 1. The summed E-state index contributed by atoms with van der Waals surface area (Å²) < 4.78 is 0. The molecule has 0 radical (unpaired) electrons. The van der Waals surface area contributed by atoms with Crippen LogP contribution >= 0.6 is 12.2 Å². The highest BCUT2D eigenvalue weighted by Crippen LogP contribution is 2.31. The molecule has 126 valence electrons. The Morgan fingerprint density at radius 3 is 2.88 bits per heavy atom. The fourth-order valence-corrected chi connectivity index (χ4v) is 3.54. The summed E-state index contributed by atoms with van der Waals surface area (Å²) in [5, 5.41) is 7.24. The Labute approximate surface area is 150 Å². The molecule has 2 aromatic rings. The van der Waals surface area contributed by atoms with Crippen LogP contribution in [0.2, 0.25) is 0 Å². The lowest BCUT2D eigenvalue weighted by Gasteiger charge is -2.25. The van der Waals surface area contributed by atoms with Crippen molar-refractivity contribution < 1.29 is 0 Å². The number of anilines is 2. The van der Waals surface area contributed by atoms with Crippen LogP contribution in [0.15, 0.2) is 48.5 Å². The minimum atomic E-state index is 0.583. The van der Waals surface area contributed by atoms with Gasteiger partial charge in [0, 0.05) is 30.5 Å². The van der Waals surface area contributed by atoms with Crippen molar-refractivity contribution in [3.8, 4) is 0 Å². The van der Waals surface area contributed by atoms with Gasteiger partial charge in [0.25, 0.3) is 0 Å². The first kappa shape index (κ1) is 16.8. The van der Waals surface area contributed by atoms with E-state index in [0.29, 0.717) is 11.2 Å². The number of fused-ring (bicyclic) bond motifs is 1. The van der Waals surface area contributed by atoms with Crippen LogP contribution in [0.4, 0.5) is 11.4 Å². The predicted octanol–water partition coefficient (Wildman–Crippen LogP) is 4.12. The van der Waals surface area contributed by atoms with Gasteiger partial charge in [-0.3, -0.25) is 0 Å². The van der Waals surface area contributed by atoms with E-state index in [-0.39, 0.29) is 0 Å². The van der Waals surface area contributed by atoms with Gasteiger partial charge in [0.2, 0.25) is 0 Å². The fraction of sp³-hybridized carbons (Fsp3) is 0.350. The SMILES string of the molecule is Cc1cccc(NC(=S)NCCCN2c3ccccc3C[C@@H]2C)c1. The molecule has 4 heteroatoms. The van der Waals surface area contributed by atoms with Gasteiger partial charge in [0.05, 0.1) is 0 Å². The van der Waals surface area contributed by atoms with Gasteiger partial charge in [-0.1, -0.05) is 30.3 Å². The Balaban J connectivity index is 1.43. The number of benzene rings is 2. The van der Waals surface area contributed by atoms with E-state index in [1.807, 2.05) is 12.1 Å². The third kappa shape index (κ3) is 4.06. The monoisotopic (exact) mass is 339 g/mol. The average molecular weight is 340 g/mol. The lowest BCUT2D eigenvalue weighted by molar-refractivity contribution is 0.641. The standard InChI is InChI=1S/C20H25N3S/c1-15-7-5-9-18(13-15)22-20(24)21-11-6-12-23-16(2)14-17-8-3-4-10-19(17)23/h3-5,7-10,13,16H,6,11-12,14H2,1-2H3,(H2,21,22,24)/t16-/m0/s1. The van der Waals surface area contributed by atoms with Gasteiger partial charge in [-0.15, -0.1) is 0 Å². The first-order valence-electron chi connectivity index (χ1n) is 8.59. The zero-order valence-corrected chi connectivity index (χ0v) is 15.2. The molecule has 3 rings (SSSR count). The first-order valence-corrected chi connectivity index (χ1v) is 9.00. The van der Waals surface area contributed by atoms with Crippen molar-refractivity contribution in [2.45, 2.75) is 32.7 Å². The second-order valence-electron chi connectivity index (χ2n) is 6.48. The smallest absolute Gasteiger partial charge is 0.170 e. The number of para-hydroxylation sites is 1. The molecule has 0 saturated heterocycles. The second kappa shape index (κ2) is 7.67. The highest BCUT2D eigenvalue weighted by Gasteiger charge is 2.24. The Kier molecular flexibility index (Phi) is 5.36. The van der Waals surface area contributed by atoms with Crippen LogP contribution in [0, 0.1) is 6.92 Å². The largest absolute Gasteiger partial charge is 0.368 e. The van der Waals surface area contributed by atoms with E-state index >= 15 is 0 Å². The van der Waals surface area contributed by atoms with E-state index in [9.17, 15) is 0 Å². The van der Waals surface area contributed by atoms with Crippen LogP contribution in [-0.2, 0) is 6.42 Å². The molecule has 0 unspecified atom stereocenters. The maximum atomic E-state index is 5.38. The molecule has 1 aliphatic heterocycles. The normalized spacial score (nSPS) is 15.9. The Morgan fingerprint density at radius 1 is 1.21 bits per heavy atom. The Bertz CT molecular complexity index is 714. The molecule has 0 spiro atoms. The lowest BCUT2D eigenvalue weighted by Crippen LogP contribution is -2.34. The van der Waals surface area contributed by atoms with Crippen molar-refractivity contribution in [2.75, 3.05) is 23.3 Å². The molecule has 3 nitrogen and oxygen atoms in total. The molecule has 2 N–H and O–H groups in total. The van der Waals surface area contributed by atoms with E-state index in [1.165, 1.54) is 16.8 Å². The van der Waals surface area contributed by atoms with Gasteiger partial charge in [-0.2, -0.15) is 0 Å². The van der Waals surface area contributed by atoms with Crippen molar-refractivity contribution in [3.63, 3.8) is 0 Å². The molecule has 0 saturated carbocycles. The number of hydrogen-bond donors (Lipinski definition) is 2. The zero-order valence-electron chi connectivity index (χ0n) is 14.4. The van der Waals surface area contributed by atoms with Crippen molar-refractivity contribution in [1.29, 1.82) is 0 Å². The molecule has 1 heterocycles. The van der Waals surface area contributed by atoms with E-state index < -0.39 is 0 Å². The van der Waals surface area contributed by atoms with E-state index in [1.54, 1.807) is 0 Å². The van der Waals surface area contributed by atoms with Gasteiger partial charge in [-0.05, 0) is 68.2 Å². The maximum absolute atomic E-state index is 5.38. The zero-order chi connectivity index (χ0) is 16.9. The van der Waals surface area contributed by atoms with Gasteiger partial charge >= 0.3 is 0 Å². The van der Waals surface area contributed by atoms with E-state index in [0.717, 1.165) is 31.6 Å². The molecule has 0 bridgehead atoms. The minimum absolute atomic E-state index is 0.583. The average Bonchev–Trinajstić information content (AvgIpc) is 2.87. The molecule has 1 atom stereocenters. The third-order valence-corrected chi connectivity index (χ3v) is 4.73. The Hall–Kier alpha value is -2.07. The number of nitrogens with zero attached hydrogens (tertiary/aromatic N) is 1. The fourth-order valence-electron chi connectivity index (χ4n) is 3.32. The van der Waals surface area contributed by atoms with Crippen molar-refractivity contribution in [2.24, 2.45) is 0 Å². The summed E-state index contributed by atoms with van der Waals surface area (Å²) >= 11 is 5.38. The maximum Gasteiger partial charge on any atom is 0.170 e. The summed E-state index contributed by atoms with van der Waals surface area (Å²) in [6.07, 6.45) is 2.21. The number of rotatable bonds is 5. The van der Waals surface area contributed by atoms with E-state index in [4.69, 9.17) is 12.2 Å².